The van der Waals surface area contributed by atoms with Crippen LogP contribution in [0.15, 0.2) is 18.2 Å². The van der Waals surface area contributed by atoms with Gasteiger partial charge >= 0.3 is 0 Å². The van der Waals surface area contributed by atoms with E-state index >= 15 is 0 Å². The number of hydrogen-bond donors (Lipinski definition) is 2. The summed E-state index contributed by atoms with van der Waals surface area (Å²) in [7, 11) is 3.27. The molecule has 1 aliphatic heterocycles. The molecule has 1 spiro atoms. The van der Waals surface area contributed by atoms with Crippen molar-refractivity contribution in [2.24, 2.45) is 11.3 Å². The number of carbonyl (C=O) groups is 1. The van der Waals surface area contributed by atoms with Gasteiger partial charge in [0.2, 0.25) is 5.91 Å². The summed E-state index contributed by atoms with van der Waals surface area (Å²) in [6, 6.07) is 6.02. The van der Waals surface area contributed by atoms with E-state index in [1.807, 2.05) is 18.2 Å². The van der Waals surface area contributed by atoms with Crippen molar-refractivity contribution >= 4 is 18.3 Å². The van der Waals surface area contributed by atoms with Gasteiger partial charge in [-0.15, -0.1) is 12.4 Å². The van der Waals surface area contributed by atoms with Crippen LogP contribution < -0.4 is 20.1 Å². The molecule has 140 valence electrons. The van der Waals surface area contributed by atoms with Crippen molar-refractivity contribution in [3.8, 4) is 11.5 Å². The number of piperidine rings is 1. The van der Waals surface area contributed by atoms with Gasteiger partial charge in [-0.25, -0.2) is 0 Å². The van der Waals surface area contributed by atoms with Crippen molar-refractivity contribution in [3.63, 3.8) is 0 Å². The zero-order valence-electron chi connectivity index (χ0n) is 15.3. The molecule has 1 aromatic carbocycles. The van der Waals surface area contributed by atoms with Crippen LogP contribution in [-0.4, -0.2) is 39.3 Å². The van der Waals surface area contributed by atoms with Crippen LogP contribution in [0.2, 0.25) is 0 Å². The Morgan fingerprint density at radius 3 is 2.60 bits per heavy atom. The molecule has 2 aliphatic rings. The summed E-state index contributed by atoms with van der Waals surface area (Å²) in [6.07, 6.45) is 4.11. The Balaban J connectivity index is 0.00000225. The molecule has 0 aromatic heterocycles. The number of ether oxygens (including phenoxy) is 2. The van der Waals surface area contributed by atoms with Gasteiger partial charge in [-0.3, -0.25) is 4.79 Å². The molecule has 5 nitrogen and oxygen atoms in total. The first-order valence-electron chi connectivity index (χ1n) is 8.80. The van der Waals surface area contributed by atoms with Gasteiger partial charge in [-0.1, -0.05) is 6.07 Å². The predicted molar refractivity (Wildman–Crippen MR) is 101 cm³/mol. The minimum Gasteiger partial charge on any atom is -0.493 e. The third kappa shape index (κ3) is 4.39. The number of rotatable bonds is 6. The van der Waals surface area contributed by atoms with E-state index in [0.717, 1.165) is 55.8 Å². The smallest absolute Gasteiger partial charge is 0.223 e. The fourth-order valence-corrected chi connectivity index (χ4v) is 3.95. The topological polar surface area (TPSA) is 59.6 Å². The second kappa shape index (κ2) is 8.28. The highest BCUT2D eigenvalue weighted by atomic mass is 35.5. The lowest BCUT2D eigenvalue weighted by molar-refractivity contribution is -0.123. The third-order valence-electron chi connectivity index (χ3n) is 5.48. The maximum Gasteiger partial charge on any atom is 0.223 e. The summed E-state index contributed by atoms with van der Waals surface area (Å²) in [6.45, 7) is 4.15. The molecule has 2 N–H and O–H groups in total. The van der Waals surface area contributed by atoms with Crippen LogP contribution >= 0.6 is 12.4 Å². The van der Waals surface area contributed by atoms with Crippen molar-refractivity contribution in [1.82, 2.24) is 10.6 Å². The molecule has 1 saturated heterocycles. The fraction of sp³-hybridized carbons (Fsp3) is 0.632. The fourth-order valence-electron chi connectivity index (χ4n) is 3.95. The van der Waals surface area contributed by atoms with Crippen LogP contribution in [0.3, 0.4) is 0 Å². The summed E-state index contributed by atoms with van der Waals surface area (Å²) in [5.41, 5.74) is 1.42. The Kier molecular flexibility index (Phi) is 6.58. The van der Waals surface area contributed by atoms with Crippen LogP contribution in [0, 0.1) is 11.3 Å². The molecule has 1 heterocycles. The Morgan fingerprint density at radius 1 is 1.28 bits per heavy atom. The van der Waals surface area contributed by atoms with Crippen molar-refractivity contribution in [2.45, 2.75) is 38.6 Å². The van der Waals surface area contributed by atoms with Gasteiger partial charge in [0.25, 0.3) is 0 Å². The van der Waals surface area contributed by atoms with E-state index < -0.39 is 0 Å². The SMILES string of the molecule is COc1ccc(CC(C)NC(=O)C2CC23CCNCC3)cc1OC.Cl. The van der Waals surface area contributed by atoms with E-state index in [9.17, 15) is 4.79 Å². The van der Waals surface area contributed by atoms with Crippen molar-refractivity contribution in [1.29, 1.82) is 0 Å². The number of nitrogens with one attached hydrogen (secondary N) is 2. The summed E-state index contributed by atoms with van der Waals surface area (Å²) in [4.78, 5) is 12.5. The Morgan fingerprint density at radius 2 is 1.96 bits per heavy atom. The largest absolute Gasteiger partial charge is 0.493 e. The number of methoxy groups -OCH3 is 2. The van der Waals surface area contributed by atoms with Crippen molar-refractivity contribution in [2.75, 3.05) is 27.3 Å². The lowest BCUT2D eigenvalue weighted by Crippen LogP contribution is -2.38. The maximum atomic E-state index is 12.5. The molecule has 3 rings (SSSR count). The zero-order valence-corrected chi connectivity index (χ0v) is 16.1. The molecule has 2 atom stereocenters. The number of hydrogen-bond acceptors (Lipinski definition) is 4. The second-order valence-corrected chi connectivity index (χ2v) is 7.17. The van der Waals surface area contributed by atoms with Crippen LogP contribution in [0.5, 0.6) is 11.5 Å². The van der Waals surface area contributed by atoms with Crippen molar-refractivity contribution < 1.29 is 14.3 Å². The minimum atomic E-state index is 0. The van der Waals surface area contributed by atoms with E-state index in [1.165, 1.54) is 0 Å². The molecule has 1 amide bonds. The molecule has 2 unspecified atom stereocenters. The van der Waals surface area contributed by atoms with Gasteiger partial charge in [0.1, 0.15) is 0 Å². The van der Waals surface area contributed by atoms with Gasteiger partial charge in [-0.2, -0.15) is 0 Å². The molecule has 6 heteroatoms. The highest BCUT2D eigenvalue weighted by molar-refractivity contribution is 5.85. The first-order chi connectivity index (χ1) is 11.6. The van der Waals surface area contributed by atoms with Gasteiger partial charge in [0, 0.05) is 12.0 Å². The Labute approximate surface area is 156 Å². The summed E-state index contributed by atoms with van der Waals surface area (Å²) < 4.78 is 10.6. The quantitative estimate of drug-likeness (QED) is 0.810. The number of halogens is 1. The average molecular weight is 369 g/mol. The minimum absolute atomic E-state index is 0. The van der Waals surface area contributed by atoms with Crippen LogP contribution in [0.25, 0.3) is 0 Å². The van der Waals surface area contributed by atoms with E-state index in [0.29, 0.717) is 5.41 Å². The normalized spacial score (nSPS) is 21.8. The van der Waals surface area contributed by atoms with Gasteiger partial charge in [0.05, 0.1) is 14.2 Å². The van der Waals surface area contributed by atoms with Gasteiger partial charge in [-0.05, 0) is 68.8 Å². The number of amides is 1. The molecule has 1 aromatic rings. The van der Waals surface area contributed by atoms with E-state index in [2.05, 4.69) is 17.6 Å². The molecule has 25 heavy (non-hydrogen) atoms. The molecule has 1 saturated carbocycles. The standard InChI is InChI=1S/C19H28N2O3.ClH/c1-13(10-14-4-5-16(23-2)17(11-14)24-3)21-18(22)15-12-19(15)6-8-20-9-7-19;/h4-5,11,13,15,20H,6-10,12H2,1-3H3,(H,21,22);1H. The highest BCUT2D eigenvalue weighted by Gasteiger charge is 2.57. The van der Waals surface area contributed by atoms with Crippen LogP contribution in [-0.2, 0) is 11.2 Å². The summed E-state index contributed by atoms with van der Waals surface area (Å²) >= 11 is 0. The maximum absolute atomic E-state index is 12.5. The van der Waals surface area contributed by atoms with Gasteiger partial charge < -0.3 is 20.1 Å². The molecule has 1 aliphatic carbocycles. The predicted octanol–water partition coefficient (Wildman–Crippen LogP) is 2.56. The lowest BCUT2D eigenvalue weighted by Gasteiger charge is -2.23. The van der Waals surface area contributed by atoms with E-state index in [-0.39, 0.29) is 30.3 Å². The van der Waals surface area contributed by atoms with Gasteiger partial charge in [0.15, 0.2) is 11.5 Å². The first kappa shape index (κ1) is 19.9. The third-order valence-corrected chi connectivity index (χ3v) is 5.48. The number of benzene rings is 1. The van der Waals surface area contributed by atoms with E-state index in [4.69, 9.17) is 9.47 Å². The lowest BCUT2D eigenvalue weighted by atomic mass is 9.91. The summed E-state index contributed by atoms with van der Waals surface area (Å²) in [5, 5.41) is 6.58. The molecular formula is C19H29ClN2O3. The highest BCUT2D eigenvalue weighted by Crippen LogP contribution is 2.58. The first-order valence-corrected chi connectivity index (χ1v) is 8.80. The van der Waals surface area contributed by atoms with Crippen LogP contribution in [0.4, 0.5) is 0 Å². The Hall–Kier alpha value is -1.46. The molecule has 0 bridgehead atoms. The number of carbonyl (C=O) groups excluding carboxylic acids is 1. The zero-order chi connectivity index (χ0) is 17.2. The Bertz CT molecular complexity index is 602. The van der Waals surface area contributed by atoms with E-state index in [1.54, 1.807) is 14.2 Å². The summed E-state index contributed by atoms with van der Waals surface area (Å²) in [5.74, 6) is 1.89. The monoisotopic (exact) mass is 368 g/mol. The average Bonchev–Trinajstić information content (AvgIpc) is 3.28. The molecule has 2 fully saturated rings. The molecule has 0 radical (unpaired) electrons. The second-order valence-electron chi connectivity index (χ2n) is 7.17. The van der Waals surface area contributed by atoms with Crippen LogP contribution in [0.1, 0.15) is 31.7 Å². The van der Waals surface area contributed by atoms with Crippen molar-refractivity contribution in [3.05, 3.63) is 23.8 Å². The molecular weight excluding hydrogens is 340 g/mol.